The monoisotopic (exact) mass is 249 g/mol. The zero-order chi connectivity index (χ0) is 13.2. The first-order valence-corrected chi connectivity index (χ1v) is 7.71. The molecule has 2 unspecified atom stereocenters. The Labute approximate surface area is 111 Å². The van der Waals surface area contributed by atoms with E-state index in [1.54, 1.807) is 0 Å². The normalized spacial score (nSPS) is 44.8. The van der Waals surface area contributed by atoms with Crippen LogP contribution in [0.2, 0.25) is 0 Å². The highest BCUT2D eigenvalue weighted by Crippen LogP contribution is 2.55. The third-order valence-corrected chi connectivity index (χ3v) is 5.71. The lowest BCUT2D eigenvalue weighted by Crippen LogP contribution is -2.51. The molecule has 2 rings (SSSR count). The zero-order valence-corrected chi connectivity index (χ0v) is 11.9. The summed E-state index contributed by atoms with van der Waals surface area (Å²) >= 11 is 0. The van der Waals surface area contributed by atoms with Gasteiger partial charge in [-0.05, 0) is 50.4 Å². The maximum absolute atomic E-state index is 11.0. The predicted octanol–water partition coefficient (Wildman–Crippen LogP) is 4.04. The van der Waals surface area contributed by atoms with E-state index < -0.39 is 11.0 Å². The van der Waals surface area contributed by atoms with Crippen LogP contribution in [0, 0.1) is 28.6 Å². The topological polar surface area (TPSA) is 44.0 Å². The number of aliphatic hydroxyl groups is 1. The molecule has 0 radical (unpaired) electrons. The molecule has 0 aromatic carbocycles. The van der Waals surface area contributed by atoms with E-state index in [1.807, 2.05) is 0 Å². The van der Waals surface area contributed by atoms with Crippen molar-refractivity contribution < 1.29 is 5.11 Å². The maximum Gasteiger partial charge on any atom is 0.0863 e. The summed E-state index contributed by atoms with van der Waals surface area (Å²) < 4.78 is 0. The van der Waals surface area contributed by atoms with Crippen molar-refractivity contribution in [2.24, 2.45) is 17.3 Å². The summed E-state index contributed by atoms with van der Waals surface area (Å²) in [4.78, 5) is 0. The van der Waals surface area contributed by atoms with Gasteiger partial charge in [0.25, 0.3) is 0 Å². The summed E-state index contributed by atoms with van der Waals surface area (Å²) in [5.41, 5.74) is -1.16. The molecule has 2 fully saturated rings. The second-order valence-electron chi connectivity index (χ2n) is 6.64. The Kier molecular flexibility index (Phi) is 4.02. The molecule has 0 aliphatic heterocycles. The van der Waals surface area contributed by atoms with Gasteiger partial charge in [0, 0.05) is 0 Å². The molecular weight excluding hydrogens is 222 g/mol. The second-order valence-corrected chi connectivity index (χ2v) is 6.64. The van der Waals surface area contributed by atoms with Crippen LogP contribution in [0.5, 0.6) is 0 Å². The molecule has 0 aromatic rings. The third-order valence-electron chi connectivity index (χ3n) is 5.71. The molecule has 0 aromatic heterocycles. The summed E-state index contributed by atoms with van der Waals surface area (Å²) in [6, 6.07) is 2.54. The van der Waals surface area contributed by atoms with E-state index >= 15 is 0 Å². The van der Waals surface area contributed by atoms with Gasteiger partial charge in [-0.1, -0.05) is 33.1 Å². The molecule has 2 atom stereocenters. The Bertz CT molecular complexity index is 324. The summed E-state index contributed by atoms with van der Waals surface area (Å²) in [6.07, 6.45) is 9.62. The highest BCUT2D eigenvalue weighted by Gasteiger charge is 2.56. The summed E-state index contributed by atoms with van der Waals surface area (Å²) in [6.45, 7) is 4.36. The average molecular weight is 249 g/mol. The quantitative estimate of drug-likeness (QED) is 0.820. The van der Waals surface area contributed by atoms with Gasteiger partial charge in [-0.2, -0.15) is 5.26 Å². The molecule has 2 nitrogen and oxygen atoms in total. The van der Waals surface area contributed by atoms with Crippen molar-refractivity contribution in [3.8, 4) is 6.07 Å². The van der Waals surface area contributed by atoms with Crippen molar-refractivity contribution in [2.75, 3.05) is 0 Å². The standard InChI is InChI=1S/C16H27NO/c1-3-5-14-7-10-15(12-17,11-8-14)16(18)9-4-6-13(16)2/h13-14,18H,3-11H2,1-2H3. The van der Waals surface area contributed by atoms with Gasteiger partial charge in [-0.25, -0.2) is 0 Å². The molecule has 0 spiro atoms. The number of hydrogen-bond acceptors (Lipinski definition) is 2. The highest BCUT2D eigenvalue weighted by atomic mass is 16.3. The number of nitrogens with zero attached hydrogens (tertiary/aromatic N) is 1. The third kappa shape index (κ3) is 2.07. The molecule has 0 saturated heterocycles. The minimum Gasteiger partial charge on any atom is -0.388 e. The SMILES string of the molecule is CCCC1CCC(C#N)(C2(O)CCCC2C)CC1. The molecule has 2 aliphatic rings. The first kappa shape index (κ1) is 13.9. The predicted molar refractivity (Wildman–Crippen MR) is 72.9 cm³/mol. The minimum absolute atomic E-state index is 0.292. The summed E-state index contributed by atoms with van der Waals surface area (Å²) in [7, 11) is 0. The van der Waals surface area contributed by atoms with Gasteiger partial charge in [0.1, 0.15) is 0 Å². The van der Waals surface area contributed by atoms with Crippen LogP contribution in [-0.4, -0.2) is 10.7 Å². The van der Waals surface area contributed by atoms with Gasteiger partial charge in [0.05, 0.1) is 17.1 Å². The highest BCUT2D eigenvalue weighted by molar-refractivity contribution is 5.16. The molecule has 2 heteroatoms. The lowest BCUT2D eigenvalue weighted by molar-refractivity contribution is -0.101. The fourth-order valence-electron chi connectivity index (χ4n) is 4.38. The van der Waals surface area contributed by atoms with Gasteiger partial charge in [0.15, 0.2) is 0 Å². The Hall–Kier alpha value is -0.550. The van der Waals surface area contributed by atoms with E-state index in [0.29, 0.717) is 5.92 Å². The summed E-state index contributed by atoms with van der Waals surface area (Å²) in [5.74, 6) is 1.08. The minimum atomic E-state index is -0.709. The number of rotatable bonds is 3. The maximum atomic E-state index is 11.0. The molecular formula is C16H27NO. The number of nitriles is 1. The van der Waals surface area contributed by atoms with Crippen molar-refractivity contribution >= 4 is 0 Å². The van der Waals surface area contributed by atoms with E-state index in [4.69, 9.17) is 0 Å². The van der Waals surface area contributed by atoms with Crippen LogP contribution in [0.15, 0.2) is 0 Å². The van der Waals surface area contributed by atoms with Crippen molar-refractivity contribution in [1.82, 2.24) is 0 Å². The Balaban J connectivity index is 2.12. The molecule has 0 bridgehead atoms. The first-order chi connectivity index (χ1) is 8.58. The van der Waals surface area contributed by atoms with Crippen LogP contribution in [0.25, 0.3) is 0 Å². The molecule has 18 heavy (non-hydrogen) atoms. The van der Waals surface area contributed by atoms with Crippen LogP contribution in [0.4, 0.5) is 0 Å². The average Bonchev–Trinajstić information content (AvgIpc) is 2.73. The van der Waals surface area contributed by atoms with E-state index in [0.717, 1.165) is 50.9 Å². The molecule has 2 saturated carbocycles. The van der Waals surface area contributed by atoms with Gasteiger partial charge in [-0.15, -0.1) is 0 Å². The fourth-order valence-corrected chi connectivity index (χ4v) is 4.38. The second kappa shape index (κ2) is 5.21. The molecule has 2 aliphatic carbocycles. The van der Waals surface area contributed by atoms with Crippen molar-refractivity contribution in [3.63, 3.8) is 0 Å². The van der Waals surface area contributed by atoms with E-state index in [1.165, 1.54) is 12.8 Å². The van der Waals surface area contributed by atoms with Crippen LogP contribution < -0.4 is 0 Å². The molecule has 1 N–H and O–H groups in total. The fraction of sp³-hybridized carbons (Fsp3) is 0.938. The van der Waals surface area contributed by atoms with Crippen LogP contribution >= 0.6 is 0 Å². The van der Waals surface area contributed by atoms with Crippen molar-refractivity contribution in [1.29, 1.82) is 5.26 Å². The van der Waals surface area contributed by atoms with E-state index in [9.17, 15) is 10.4 Å². The number of hydrogen-bond donors (Lipinski definition) is 1. The van der Waals surface area contributed by atoms with Gasteiger partial charge >= 0.3 is 0 Å². The first-order valence-electron chi connectivity index (χ1n) is 7.71. The Morgan fingerprint density at radius 2 is 1.89 bits per heavy atom. The smallest absolute Gasteiger partial charge is 0.0863 e. The molecule has 102 valence electrons. The van der Waals surface area contributed by atoms with E-state index in [-0.39, 0.29) is 0 Å². The lowest BCUT2D eigenvalue weighted by atomic mass is 9.59. The van der Waals surface area contributed by atoms with Crippen LogP contribution in [0.3, 0.4) is 0 Å². The van der Waals surface area contributed by atoms with Crippen LogP contribution in [-0.2, 0) is 0 Å². The van der Waals surface area contributed by atoms with Crippen molar-refractivity contribution in [2.45, 2.75) is 77.2 Å². The Morgan fingerprint density at radius 3 is 2.33 bits per heavy atom. The van der Waals surface area contributed by atoms with Crippen LogP contribution in [0.1, 0.15) is 71.6 Å². The Morgan fingerprint density at radius 1 is 1.22 bits per heavy atom. The summed E-state index contributed by atoms with van der Waals surface area (Å²) in [5, 5.41) is 20.7. The van der Waals surface area contributed by atoms with E-state index in [2.05, 4.69) is 19.9 Å². The van der Waals surface area contributed by atoms with Crippen molar-refractivity contribution in [3.05, 3.63) is 0 Å². The van der Waals surface area contributed by atoms with Gasteiger partial charge < -0.3 is 5.11 Å². The van der Waals surface area contributed by atoms with Gasteiger partial charge in [-0.3, -0.25) is 0 Å². The molecule has 0 amide bonds. The zero-order valence-electron chi connectivity index (χ0n) is 11.9. The molecule has 0 heterocycles. The lowest BCUT2D eigenvalue weighted by Gasteiger charge is -2.47. The largest absolute Gasteiger partial charge is 0.388 e. The van der Waals surface area contributed by atoms with Gasteiger partial charge in [0.2, 0.25) is 0 Å².